The Bertz CT molecular complexity index is 355. The van der Waals surface area contributed by atoms with Gasteiger partial charge in [-0.25, -0.2) is 8.42 Å². The summed E-state index contributed by atoms with van der Waals surface area (Å²) in [6.07, 6.45) is 4.57. The third-order valence-electron chi connectivity index (χ3n) is 4.02. The van der Waals surface area contributed by atoms with Crippen LogP contribution in [0.25, 0.3) is 0 Å². The number of nitrogens with zero attached hydrogens (tertiary/aromatic N) is 1. The van der Waals surface area contributed by atoms with Crippen LogP contribution < -0.4 is 5.32 Å². The van der Waals surface area contributed by atoms with Gasteiger partial charge in [0.1, 0.15) is 9.84 Å². The van der Waals surface area contributed by atoms with E-state index in [2.05, 4.69) is 24.1 Å². The van der Waals surface area contributed by atoms with E-state index in [4.69, 9.17) is 0 Å². The van der Waals surface area contributed by atoms with Crippen LogP contribution in [0, 0.1) is 5.92 Å². The molecule has 0 radical (unpaired) electrons. The summed E-state index contributed by atoms with van der Waals surface area (Å²) in [7, 11) is -2.81. The molecule has 0 amide bonds. The predicted molar refractivity (Wildman–Crippen MR) is 85.9 cm³/mol. The molecule has 0 bridgehead atoms. The number of likely N-dealkylation sites (tertiary alicyclic amines) is 1. The molecule has 5 heteroatoms. The van der Waals surface area contributed by atoms with Gasteiger partial charge >= 0.3 is 0 Å². The van der Waals surface area contributed by atoms with Gasteiger partial charge < -0.3 is 5.32 Å². The van der Waals surface area contributed by atoms with Gasteiger partial charge in [-0.3, -0.25) is 4.90 Å². The van der Waals surface area contributed by atoms with Crippen LogP contribution in [0.3, 0.4) is 0 Å². The van der Waals surface area contributed by atoms with E-state index in [1.54, 1.807) is 6.92 Å². The molecule has 0 aromatic heterocycles. The van der Waals surface area contributed by atoms with E-state index >= 15 is 0 Å². The fourth-order valence-corrected chi connectivity index (χ4v) is 3.61. The van der Waals surface area contributed by atoms with Gasteiger partial charge in [-0.1, -0.05) is 27.2 Å². The lowest BCUT2D eigenvalue weighted by molar-refractivity contribution is 0.145. The molecule has 1 unspecified atom stereocenters. The fraction of sp³-hybridized carbons (Fsp3) is 1.00. The van der Waals surface area contributed by atoms with Crippen LogP contribution in [0.4, 0.5) is 0 Å². The second kappa shape index (κ2) is 9.00. The first-order valence-electron chi connectivity index (χ1n) is 8.09. The van der Waals surface area contributed by atoms with Crippen LogP contribution in [0.15, 0.2) is 0 Å². The SMILES string of the molecule is CCS(=O)(=O)CCCN1CCCCC1CNCC(C)C. The van der Waals surface area contributed by atoms with Crippen molar-refractivity contribution in [2.24, 2.45) is 5.92 Å². The zero-order valence-corrected chi connectivity index (χ0v) is 14.2. The molecule has 1 saturated heterocycles. The molecule has 0 aromatic rings. The van der Waals surface area contributed by atoms with Crippen molar-refractivity contribution in [2.75, 3.05) is 37.7 Å². The summed E-state index contributed by atoms with van der Waals surface area (Å²) in [5.74, 6) is 1.29. The van der Waals surface area contributed by atoms with Gasteiger partial charge in [0.2, 0.25) is 0 Å². The van der Waals surface area contributed by atoms with Crippen molar-refractivity contribution in [3.63, 3.8) is 0 Å². The Morgan fingerprint density at radius 1 is 1.30 bits per heavy atom. The van der Waals surface area contributed by atoms with E-state index in [0.29, 0.717) is 17.7 Å². The first-order valence-corrected chi connectivity index (χ1v) is 9.92. The van der Waals surface area contributed by atoms with E-state index in [1.807, 2.05) is 0 Å². The first-order chi connectivity index (χ1) is 9.44. The summed E-state index contributed by atoms with van der Waals surface area (Å²) in [6.45, 7) is 10.3. The molecule has 0 spiro atoms. The summed E-state index contributed by atoms with van der Waals surface area (Å²) in [5, 5.41) is 3.54. The summed E-state index contributed by atoms with van der Waals surface area (Å²) in [4.78, 5) is 2.49. The molecule has 1 aliphatic rings. The minimum Gasteiger partial charge on any atom is -0.315 e. The minimum atomic E-state index is -2.81. The molecular formula is C15H32N2O2S. The van der Waals surface area contributed by atoms with Crippen LogP contribution in [0.2, 0.25) is 0 Å². The topological polar surface area (TPSA) is 49.4 Å². The third kappa shape index (κ3) is 7.04. The van der Waals surface area contributed by atoms with Crippen LogP contribution in [-0.2, 0) is 9.84 Å². The normalized spacial score (nSPS) is 21.5. The molecule has 1 rings (SSSR count). The molecular weight excluding hydrogens is 272 g/mol. The molecule has 1 aliphatic heterocycles. The lowest BCUT2D eigenvalue weighted by Gasteiger charge is -2.36. The molecule has 1 N–H and O–H groups in total. The smallest absolute Gasteiger partial charge is 0.150 e. The lowest BCUT2D eigenvalue weighted by Crippen LogP contribution is -2.46. The Labute approximate surface area is 125 Å². The Hall–Kier alpha value is -0.130. The van der Waals surface area contributed by atoms with Crippen molar-refractivity contribution in [2.45, 2.75) is 52.5 Å². The third-order valence-corrected chi connectivity index (χ3v) is 5.81. The predicted octanol–water partition coefficient (Wildman–Crippen LogP) is 1.91. The minimum absolute atomic E-state index is 0.270. The van der Waals surface area contributed by atoms with Gasteiger partial charge in [0.15, 0.2) is 0 Å². The quantitative estimate of drug-likeness (QED) is 0.707. The van der Waals surface area contributed by atoms with E-state index < -0.39 is 9.84 Å². The standard InChI is InChI=1S/C15H32N2O2S/c1-4-20(18,19)11-7-10-17-9-6-5-8-15(17)13-16-12-14(2)3/h14-16H,4-13H2,1-3H3. The van der Waals surface area contributed by atoms with E-state index in [-0.39, 0.29) is 5.75 Å². The highest BCUT2D eigenvalue weighted by Gasteiger charge is 2.22. The monoisotopic (exact) mass is 304 g/mol. The number of piperidine rings is 1. The Morgan fingerprint density at radius 2 is 2.05 bits per heavy atom. The van der Waals surface area contributed by atoms with E-state index in [1.165, 1.54) is 19.3 Å². The second-order valence-corrected chi connectivity index (χ2v) is 8.80. The van der Waals surface area contributed by atoms with Crippen molar-refractivity contribution in [1.82, 2.24) is 10.2 Å². The highest BCUT2D eigenvalue weighted by atomic mass is 32.2. The van der Waals surface area contributed by atoms with Crippen molar-refractivity contribution in [3.05, 3.63) is 0 Å². The maximum Gasteiger partial charge on any atom is 0.150 e. The van der Waals surface area contributed by atoms with Crippen LogP contribution in [0.5, 0.6) is 0 Å². The first kappa shape index (κ1) is 17.9. The zero-order valence-electron chi connectivity index (χ0n) is 13.4. The summed E-state index contributed by atoms with van der Waals surface area (Å²) < 4.78 is 23.1. The van der Waals surface area contributed by atoms with Gasteiger partial charge in [0.05, 0.1) is 5.75 Å². The molecule has 1 atom stereocenters. The second-order valence-electron chi connectivity index (χ2n) is 6.33. The Balaban J connectivity index is 2.32. The number of hydrogen-bond acceptors (Lipinski definition) is 4. The maximum absolute atomic E-state index is 11.5. The Morgan fingerprint density at radius 3 is 2.70 bits per heavy atom. The van der Waals surface area contributed by atoms with Crippen molar-refractivity contribution >= 4 is 9.84 Å². The van der Waals surface area contributed by atoms with Crippen LogP contribution in [-0.4, -0.2) is 57.0 Å². The molecule has 0 aliphatic carbocycles. The number of hydrogen-bond donors (Lipinski definition) is 1. The largest absolute Gasteiger partial charge is 0.315 e. The molecule has 120 valence electrons. The van der Waals surface area contributed by atoms with E-state index in [9.17, 15) is 8.42 Å². The zero-order chi connectivity index (χ0) is 15.0. The van der Waals surface area contributed by atoms with Crippen molar-refractivity contribution < 1.29 is 8.42 Å². The van der Waals surface area contributed by atoms with Gasteiger partial charge in [0, 0.05) is 18.3 Å². The Kier molecular flexibility index (Phi) is 8.07. The van der Waals surface area contributed by atoms with Gasteiger partial charge in [0.25, 0.3) is 0 Å². The number of rotatable bonds is 9. The molecule has 1 fully saturated rings. The van der Waals surface area contributed by atoms with Crippen LogP contribution in [0.1, 0.15) is 46.5 Å². The van der Waals surface area contributed by atoms with Gasteiger partial charge in [-0.2, -0.15) is 0 Å². The fourth-order valence-electron chi connectivity index (χ4n) is 2.76. The summed E-state index contributed by atoms with van der Waals surface area (Å²) in [5.41, 5.74) is 0. The maximum atomic E-state index is 11.5. The average molecular weight is 305 g/mol. The van der Waals surface area contributed by atoms with Crippen molar-refractivity contribution in [1.29, 1.82) is 0 Å². The molecule has 0 saturated carbocycles. The van der Waals surface area contributed by atoms with E-state index in [0.717, 1.165) is 32.6 Å². The number of nitrogens with one attached hydrogen (secondary N) is 1. The molecule has 4 nitrogen and oxygen atoms in total. The molecule has 0 aromatic carbocycles. The van der Waals surface area contributed by atoms with Gasteiger partial charge in [-0.05, 0) is 44.8 Å². The lowest BCUT2D eigenvalue weighted by atomic mass is 10.0. The summed E-state index contributed by atoms with van der Waals surface area (Å²) >= 11 is 0. The molecule has 1 heterocycles. The average Bonchev–Trinajstić information content (AvgIpc) is 2.40. The van der Waals surface area contributed by atoms with Gasteiger partial charge in [-0.15, -0.1) is 0 Å². The molecule has 20 heavy (non-hydrogen) atoms. The highest BCUT2D eigenvalue weighted by Crippen LogP contribution is 2.17. The number of sulfone groups is 1. The van der Waals surface area contributed by atoms with Crippen LogP contribution >= 0.6 is 0 Å². The highest BCUT2D eigenvalue weighted by molar-refractivity contribution is 7.91. The summed E-state index contributed by atoms with van der Waals surface area (Å²) in [6, 6.07) is 0.590. The van der Waals surface area contributed by atoms with Crippen molar-refractivity contribution in [3.8, 4) is 0 Å².